The van der Waals surface area contributed by atoms with Crippen LogP contribution >= 0.6 is 27.5 Å². The van der Waals surface area contributed by atoms with Gasteiger partial charge in [0.2, 0.25) is 0 Å². The van der Waals surface area contributed by atoms with E-state index in [1.54, 1.807) is 0 Å². The van der Waals surface area contributed by atoms with Gasteiger partial charge in [-0.15, -0.1) is 0 Å². The summed E-state index contributed by atoms with van der Waals surface area (Å²) in [6.45, 7) is 0.642. The smallest absolute Gasteiger partial charge is 0.0412 e. The Hall–Kier alpha value is -0.310. The van der Waals surface area contributed by atoms with Crippen molar-refractivity contribution in [3.63, 3.8) is 0 Å². The van der Waals surface area contributed by atoms with Crippen LogP contribution in [0.3, 0.4) is 0 Å². The van der Waals surface area contributed by atoms with Crippen LogP contribution in [0.2, 0.25) is 5.02 Å². The van der Waals surface area contributed by atoms with E-state index in [2.05, 4.69) is 22.0 Å². The summed E-state index contributed by atoms with van der Waals surface area (Å²) in [6, 6.07) is 5.87. The molecule has 0 spiro atoms. The lowest BCUT2D eigenvalue weighted by molar-refractivity contribution is 0.401. The van der Waals surface area contributed by atoms with E-state index in [1.165, 1.54) is 37.7 Å². The first-order chi connectivity index (χ1) is 8.70. The summed E-state index contributed by atoms with van der Waals surface area (Å²) in [7, 11) is 0. The normalized spacial score (nSPS) is 18.1. The molecule has 18 heavy (non-hydrogen) atoms. The molecule has 0 aliphatic heterocycles. The zero-order valence-corrected chi connectivity index (χ0v) is 12.8. The van der Waals surface area contributed by atoms with Crippen molar-refractivity contribution in [3.05, 3.63) is 38.8 Å². The molecular formula is C15H19BrClN. The Morgan fingerprint density at radius 3 is 2.72 bits per heavy atom. The predicted octanol–water partition coefficient (Wildman–Crippen LogP) is 5.02. The summed E-state index contributed by atoms with van der Waals surface area (Å²) in [5, 5.41) is 0.768. The molecule has 1 saturated carbocycles. The van der Waals surface area contributed by atoms with Gasteiger partial charge in [-0.25, -0.2) is 0 Å². The van der Waals surface area contributed by atoms with Gasteiger partial charge in [0.05, 0.1) is 0 Å². The molecule has 0 atom stereocenters. The van der Waals surface area contributed by atoms with E-state index < -0.39 is 0 Å². The lowest BCUT2D eigenvalue weighted by Crippen LogP contribution is -2.16. The molecule has 0 unspecified atom stereocenters. The Kier molecular flexibility index (Phi) is 5.28. The van der Waals surface area contributed by atoms with Crippen LogP contribution in [0.4, 0.5) is 0 Å². The summed E-state index contributed by atoms with van der Waals surface area (Å²) < 4.78 is 1.08. The van der Waals surface area contributed by atoms with Gasteiger partial charge in [0.15, 0.2) is 0 Å². The number of rotatable bonds is 3. The van der Waals surface area contributed by atoms with Crippen LogP contribution in [-0.2, 0) is 0 Å². The molecule has 1 aromatic rings. The SMILES string of the molecule is NCC(=Cc1cc(Cl)ccc1Br)C1CCCCC1. The highest BCUT2D eigenvalue weighted by Crippen LogP contribution is 2.32. The van der Waals surface area contributed by atoms with Crippen molar-refractivity contribution >= 4 is 33.6 Å². The third kappa shape index (κ3) is 3.59. The first-order valence-corrected chi connectivity index (χ1v) is 7.73. The molecule has 0 saturated heterocycles. The summed E-state index contributed by atoms with van der Waals surface area (Å²) in [4.78, 5) is 0. The van der Waals surface area contributed by atoms with Crippen molar-refractivity contribution in [2.45, 2.75) is 32.1 Å². The molecule has 1 aliphatic carbocycles. The number of hydrogen-bond donors (Lipinski definition) is 1. The van der Waals surface area contributed by atoms with E-state index in [-0.39, 0.29) is 0 Å². The van der Waals surface area contributed by atoms with Crippen molar-refractivity contribution in [3.8, 4) is 0 Å². The third-order valence-electron chi connectivity index (χ3n) is 3.66. The largest absolute Gasteiger partial charge is 0.327 e. The minimum absolute atomic E-state index is 0.642. The molecule has 0 bridgehead atoms. The van der Waals surface area contributed by atoms with Crippen LogP contribution < -0.4 is 5.73 Å². The Morgan fingerprint density at radius 2 is 2.06 bits per heavy atom. The average Bonchev–Trinajstić information content (AvgIpc) is 2.41. The van der Waals surface area contributed by atoms with Gasteiger partial charge in [-0.3, -0.25) is 0 Å². The number of halogens is 2. The minimum Gasteiger partial charge on any atom is -0.327 e. The second-order valence-corrected chi connectivity index (χ2v) is 6.21. The zero-order valence-electron chi connectivity index (χ0n) is 10.5. The molecule has 1 fully saturated rings. The maximum Gasteiger partial charge on any atom is 0.0412 e. The highest BCUT2D eigenvalue weighted by molar-refractivity contribution is 9.10. The van der Waals surface area contributed by atoms with Crippen molar-refractivity contribution in [1.82, 2.24) is 0 Å². The predicted molar refractivity (Wildman–Crippen MR) is 82.8 cm³/mol. The maximum atomic E-state index is 6.05. The lowest BCUT2D eigenvalue weighted by Gasteiger charge is -2.24. The molecule has 3 heteroatoms. The minimum atomic E-state index is 0.642. The number of nitrogens with two attached hydrogens (primary N) is 1. The number of benzene rings is 1. The van der Waals surface area contributed by atoms with Gasteiger partial charge in [-0.05, 0) is 42.5 Å². The van der Waals surface area contributed by atoms with E-state index in [1.807, 2.05) is 18.2 Å². The summed E-state index contributed by atoms with van der Waals surface area (Å²) in [5.74, 6) is 0.662. The summed E-state index contributed by atoms with van der Waals surface area (Å²) >= 11 is 9.62. The molecular weight excluding hydrogens is 310 g/mol. The van der Waals surface area contributed by atoms with Crippen LogP contribution in [0.25, 0.3) is 6.08 Å². The molecule has 2 N–H and O–H groups in total. The second kappa shape index (κ2) is 6.74. The highest BCUT2D eigenvalue weighted by atomic mass is 79.9. The van der Waals surface area contributed by atoms with Crippen LogP contribution in [0, 0.1) is 5.92 Å². The monoisotopic (exact) mass is 327 g/mol. The topological polar surface area (TPSA) is 26.0 Å². The molecule has 0 amide bonds. The molecule has 0 radical (unpaired) electrons. The molecule has 0 aromatic heterocycles. The van der Waals surface area contributed by atoms with Crippen LogP contribution in [-0.4, -0.2) is 6.54 Å². The molecule has 1 aromatic carbocycles. The van der Waals surface area contributed by atoms with Gasteiger partial charge in [0, 0.05) is 16.0 Å². The maximum absolute atomic E-state index is 6.05. The fraction of sp³-hybridized carbons (Fsp3) is 0.467. The van der Waals surface area contributed by atoms with E-state index in [9.17, 15) is 0 Å². The van der Waals surface area contributed by atoms with Crippen molar-refractivity contribution < 1.29 is 0 Å². The Balaban J connectivity index is 2.24. The van der Waals surface area contributed by atoms with Crippen molar-refractivity contribution in [2.75, 3.05) is 6.54 Å². The van der Waals surface area contributed by atoms with E-state index in [0.29, 0.717) is 12.5 Å². The molecule has 1 aliphatic rings. The van der Waals surface area contributed by atoms with E-state index >= 15 is 0 Å². The Labute approximate surface area is 123 Å². The lowest BCUT2D eigenvalue weighted by atomic mass is 9.83. The standard InChI is InChI=1S/C15H19BrClN/c16-15-7-6-14(17)9-12(15)8-13(10-18)11-4-2-1-3-5-11/h6-9,11H,1-5,10,18H2. The first kappa shape index (κ1) is 14.1. The molecule has 0 heterocycles. The number of hydrogen-bond acceptors (Lipinski definition) is 1. The van der Waals surface area contributed by atoms with Gasteiger partial charge in [-0.2, -0.15) is 0 Å². The third-order valence-corrected chi connectivity index (χ3v) is 4.62. The van der Waals surface area contributed by atoms with E-state index in [0.717, 1.165) is 15.1 Å². The van der Waals surface area contributed by atoms with Crippen molar-refractivity contribution in [1.29, 1.82) is 0 Å². The van der Waals surface area contributed by atoms with Crippen LogP contribution in [0.5, 0.6) is 0 Å². The highest BCUT2D eigenvalue weighted by Gasteiger charge is 2.17. The first-order valence-electron chi connectivity index (χ1n) is 6.56. The molecule has 98 valence electrons. The summed E-state index contributed by atoms with van der Waals surface area (Å²) in [6.07, 6.45) is 8.81. The quantitative estimate of drug-likeness (QED) is 0.828. The summed E-state index contributed by atoms with van der Waals surface area (Å²) in [5.41, 5.74) is 8.41. The van der Waals surface area contributed by atoms with Gasteiger partial charge < -0.3 is 5.73 Å². The van der Waals surface area contributed by atoms with Gasteiger partial charge in [-0.1, -0.05) is 58.4 Å². The Morgan fingerprint density at radius 1 is 1.33 bits per heavy atom. The Bertz CT molecular complexity index is 436. The van der Waals surface area contributed by atoms with E-state index in [4.69, 9.17) is 17.3 Å². The molecule has 2 rings (SSSR count). The van der Waals surface area contributed by atoms with Crippen molar-refractivity contribution in [2.24, 2.45) is 11.7 Å². The average molecular weight is 329 g/mol. The molecule has 1 nitrogen and oxygen atoms in total. The second-order valence-electron chi connectivity index (χ2n) is 4.92. The fourth-order valence-corrected chi connectivity index (χ4v) is 3.18. The van der Waals surface area contributed by atoms with Gasteiger partial charge >= 0.3 is 0 Å². The fourth-order valence-electron chi connectivity index (χ4n) is 2.64. The van der Waals surface area contributed by atoms with Gasteiger partial charge in [0.1, 0.15) is 0 Å². The van der Waals surface area contributed by atoms with Gasteiger partial charge in [0.25, 0.3) is 0 Å². The van der Waals surface area contributed by atoms with Crippen LogP contribution in [0.1, 0.15) is 37.7 Å². The zero-order chi connectivity index (χ0) is 13.0. The van der Waals surface area contributed by atoms with Crippen LogP contribution in [0.15, 0.2) is 28.2 Å².